The number of H-pyrrole nitrogens is 1. The second-order valence-electron chi connectivity index (χ2n) is 6.43. The Morgan fingerprint density at radius 1 is 1.27 bits per heavy atom. The Morgan fingerprint density at radius 3 is 2.85 bits per heavy atom. The van der Waals surface area contributed by atoms with Crippen LogP contribution in [0.2, 0.25) is 0 Å². The molecule has 0 aliphatic carbocycles. The molecule has 0 spiro atoms. The number of rotatable bonds is 3. The van der Waals surface area contributed by atoms with E-state index in [1.807, 2.05) is 19.1 Å². The Balaban J connectivity index is 1.77. The summed E-state index contributed by atoms with van der Waals surface area (Å²) < 4.78 is 0. The molecule has 2 aromatic heterocycles. The maximum Gasteiger partial charge on any atom is 0.222 e. The van der Waals surface area contributed by atoms with Crippen molar-refractivity contribution in [2.45, 2.75) is 13.8 Å². The molecule has 1 saturated heterocycles. The molecule has 3 heterocycles. The van der Waals surface area contributed by atoms with E-state index in [0.29, 0.717) is 11.6 Å². The van der Waals surface area contributed by atoms with Crippen LogP contribution in [0.15, 0.2) is 24.4 Å². The van der Waals surface area contributed by atoms with Gasteiger partial charge >= 0.3 is 0 Å². The number of hydrogen-bond acceptors (Lipinski definition) is 6. The molecule has 1 amide bonds. The number of aromatic nitrogens is 4. The van der Waals surface area contributed by atoms with Gasteiger partial charge in [-0.15, -0.1) is 0 Å². The van der Waals surface area contributed by atoms with Crippen LogP contribution in [0.4, 0.5) is 11.6 Å². The number of anilines is 2. The van der Waals surface area contributed by atoms with Crippen molar-refractivity contribution in [3.8, 4) is 11.3 Å². The lowest BCUT2D eigenvalue weighted by Crippen LogP contribution is -2.44. The van der Waals surface area contributed by atoms with Crippen LogP contribution in [0.1, 0.15) is 12.6 Å². The van der Waals surface area contributed by atoms with Crippen molar-refractivity contribution in [3.63, 3.8) is 0 Å². The third-order valence-electron chi connectivity index (χ3n) is 4.51. The van der Waals surface area contributed by atoms with E-state index in [0.717, 1.165) is 54.0 Å². The van der Waals surface area contributed by atoms with Gasteiger partial charge in [-0.05, 0) is 19.1 Å². The van der Waals surface area contributed by atoms with Crippen LogP contribution in [0.25, 0.3) is 22.2 Å². The molecule has 8 heteroatoms. The normalized spacial score (nSPS) is 14.6. The van der Waals surface area contributed by atoms with E-state index in [-0.39, 0.29) is 5.91 Å². The van der Waals surface area contributed by atoms with Crippen molar-refractivity contribution in [2.24, 2.45) is 0 Å². The van der Waals surface area contributed by atoms with E-state index in [1.54, 1.807) is 6.20 Å². The zero-order valence-corrected chi connectivity index (χ0v) is 14.8. The van der Waals surface area contributed by atoms with Crippen LogP contribution >= 0.6 is 0 Å². The van der Waals surface area contributed by atoms with Gasteiger partial charge in [-0.2, -0.15) is 5.10 Å². The van der Waals surface area contributed by atoms with Crippen molar-refractivity contribution in [2.75, 3.05) is 36.4 Å². The first-order valence-electron chi connectivity index (χ1n) is 8.67. The van der Waals surface area contributed by atoms with Crippen molar-refractivity contribution >= 4 is 28.4 Å². The molecule has 0 bridgehead atoms. The molecule has 4 rings (SSSR count). The molecule has 8 nitrogen and oxygen atoms in total. The fourth-order valence-electron chi connectivity index (χ4n) is 3.17. The van der Waals surface area contributed by atoms with Gasteiger partial charge in [-0.1, -0.05) is 6.07 Å². The largest absolute Gasteiger partial charge is 0.351 e. The summed E-state index contributed by atoms with van der Waals surface area (Å²) in [7, 11) is 0. The maximum absolute atomic E-state index is 11.5. The van der Waals surface area contributed by atoms with E-state index in [1.165, 1.54) is 6.92 Å². The third kappa shape index (κ3) is 3.11. The first-order valence-corrected chi connectivity index (χ1v) is 8.67. The Bertz CT molecular complexity index is 959. The topological polar surface area (TPSA) is 98.8 Å². The number of amides is 1. The summed E-state index contributed by atoms with van der Waals surface area (Å²) in [6.07, 6.45) is 1.70. The van der Waals surface area contributed by atoms with Crippen LogP contribution in [-0.2, 0) is 4.79 Å². The second-order valence-corrected chi connectivity index (χ2v) is 6.43. The van der Waals surface area contributed by atoms with Gasteiger partial charge in [-0.3, -0.25) is 9.89 Å². The number of aromatic amines is 1. The summed E-state index contributed by atoms with van der Waals surface area (Å²) in [5.41, 5.74) is 3.69. The zero-order chi connectivity index (χ0) is 18.1. The molecule has 1 aromatic carbocycles. The number of piperazine rings is 1. The molecule has 1 aliphatic heterocycles. The molecule has 0 unspecified atom stereocenters. The Hall–Kier alpha value is -3.00. The van der Waals surface area contributed by atoms with Crippen LogP contribution < -0.4 is 15.5 Å². The van der Waals surface area contributed by atoms with E-state index in [2.05, 4.69) is 36.8 Å². The van der Waals surface area contributed by atoms with Crippen molar-refractivity contribution < 1.29 is 4.79 Å². The number of carbonyl (C=O) groups is 1. The fraction of sp³-hybridized carbons (Fsp3) is 0.333. The summed E-state index contributed by atoms with van der Waals surface area (Å²) in [5, 5.41) is 14.5. The molecule has 1 aliphatic rings. The summed E-state index contributed by atoms with van der Waals surface area (Å²) >= 11 is 0. The van der Waals surface area contributed by atoms with E-state index in [4.69, 9.17) is 4.98 Å². The van der Waals surface area contributed by atoms with Crippen LogP contribution in [0, 0.1) is 6.92 Å². The highest BCUT2D eigenvalue weighted by molar-refractivity contribution is 5.91. The number of carbonyl (C=O) groups excluding carboxylic acids is 1. The van der Waals surface area contributed by atoms with Crippen LogP contribution in [0.5, 0.6) is 0 Å². The van der Waals surface area contributed by atoms with Gasteiger partial charge in [0.2, 0.25) is 5.91 Å². The number of hydrogen-bond donors (Lipinski definition) is 3. The monoisotopic (exact) mass is 351 g/mol. The number of nitrogens with one attached hydrogen (secondary N) is 3. The number of fused-ring (bicyclic) bond motifs is 1. The van der Waals surface area contributed by atoms with Crippen LogP contribution in [-0.4, -0.2) is 52.3 Å². The SMILES string of the molecule is CC(=O)Nc1ncc(-c2ccc3n[nH]c(C)c3c2)nc1N1CCNCC1. The summed E-state index contributed by atoms with van der Waals surface area (Å²) in [4.78, 5) is 23.0. The Morgan fingerprint density at radius 2 is 2.08 bits per heavy atom. The highest BCUT2D eigenvalue weighted by atomic mass is 16.1. The van der Waals surface area contributed by atoms with Crippen molar-refractivity contribution in [1.29, 1.82) is 0 Å². The van der Waals surface area contributed by atoms with E-state index >= 15 is 0 Å². The molecule has 0 saturated carbocycles. The average Bonchev–Trinajstić information content (AvgIpc) is 3.03. The van der Waals surface area contributed by atoms with Gasteiger partial charge in [0.05, 0.1) is 17.4 Å². The first kappa shape index (κ1) is 16.5. The smallest absolute Gasteiger partial charge is 0.222 e. The molecule has 134 valence electrons. The van der Waals surface area contributed by atoms with Gasteiger partial charge in [-0.25, -0.2) is 9.97 Å². The molecule has 26 heavy (non-hydrogen) atoms. The van der Waals surface area contributed by atoms with Gasteiger partial charge in [0.15, 0.2) is 11.6 Å². The molecule has 0 atom stereocenters. The average molecular weight is 351 g/mol. The minimum Gasteiger partial charge on any atom is -0.351 e. The number of nitrogens with zero attached hydrogens (tertiary/aromatic N) is 4. The summed E-state index contributed by atoms with van der Waals surface area (Å²) in [6.45, 7) is 6.88. The summed E-state index contributed by atoms with van der Waals surface area (Å²) in [5.74, 6) is 1.06. The molecule has 0 radical (unpaired) electrons. The molecular formula is C18H21N7O. The molecular weight excluding hydrogens is 330 g/mol. The maximum atomic E-state index is 11.5. The lowest BCUT2D eigenvalue weighted by molar-refractivity contribution is -0.114. The number of aryl methyl sites for hydroxylation is 1. The Labute approximate surface area is 151 Å². The van der Waals surface area contributed by atoms with E-state index < -0.39 is 0 Å². The Kier molecular flexibility index (Phi) is 4.26. The lowest BCUT2D eigenvalue weighted by atomic mass is 10.1. The standard InChI is InChI=1S/C18H21N7O/c1-11-14-9-13(3-4-15(14)24-23-11)16-10-20-17(21-12(2)26)18(22-16)25-7-5-19-6-8-25/h3-4,9-10,19H,5-8H2,1-2H3,(H,23,24)(H,20,21,26). The summed E-state index contributed by atoms with van der Waals surface area (Å²) in [6, 6.07) is 6.03. The minimum atomic E-state index is -0.154. The minimum absolute atomic E-state index is 0.154. The van der Waals surface area contributed by atoms with Gasteiger partial charge in [0, 0.05) is 49.7 Å². The van der Waals surface area contributed by atoms with E-state index in [9.17, 15) is 4.79 Å². The van der Waals surface area contributed by atoms with Gasteiger partial charge in [0.25, 0.3) is 0 Å². The number of benzene rings is 1. The lowest BCUT2D eigenvalue weighted by Gasteiger charge is -2.29. The van der Waals surface area contributed by atoms with Gasteiger partial charge in [0.1, 0.15) is 0 Å². The fourth-order valence-corrected chi connectivity index (χ4v) is 3.17. The second kappa shape index (κ2) is 6.72. The molecule has 3 N–H and O–H groups in total. The molecule has 3 aromatic rings. The van der Waals surface area contributed by atoms with Crippen molar-refractivity contribution in [1.82, 2.24) is 25.5 Å². The zero-order valence-electron chi connectivity index (χ0n) is 14.8. The highest BCUT2D eigenvalue weighted by Gasteiger charge is 2.19. The first-order chi connectivity index (χ1) is 12.6. The van der Waals surface area contributed by atoms with Crippen molar-refractivity contribution in [3.05, 3.63) is 30.1 Å². The molecule has 1 fully saturated rings. The predicted molar refractivity (Wildman–Crippen MR) is 101 cm³/mol. The van der Waals surface area contributed by atoms with Gasteiger partial charge < -0.3 is 15.5 Å². The third-order valence-corrected chi connectivity index (χ3v) is 4.51. The highest BCUT2D eigenvalue weighted by Crippen LogP contribution is 2.28. The predicted octanol–water partition coefficient (Wildman–Crippen LogP) is 1.70. The van der Waals surface area contributed by atoms with Crippen LogP contribution in [0.3, 0.4) is 0 Å². The quantitative estimate of drug-likeness (QED) is 0.664.